The van der Waals surface area contributed by atoms with Gasteiger partial charge in [0.05, 0.1) is 0 Å². The van der Waals surface area contributed by atoms with Crippen LogP contribution < -0.4 is 10.6 Å². The monoisotopic (exact) mass is 562 g/mol. The van der Waals surface area contributed by atoms with E-state index >= 15 is 0 Å². The van der Waals surface area contributed by atoms with Crippen molar-refractivity contribution >= 4 is 53.5 Å². The number of nitrogens with zero attached hydrogens (tertiary/aromatic N) is 4. The van der Waals surface area contributed by atoms with Crippen LogP contribution in [0.1, 0.15) is 37.2 Å². The Hall–Kier alpha value is -0.940. The van der Waals surface area contributed by atoms with Gasteiger partial charge in [-0.1, -0.05) is 37.7 Å². The zero-order chi connectivity index (χ0) is 21.2. The lowest BCUT2D eigenvalue weighted by molar-refractivity contribution is 0.477. The van der Waals surface area contributed by atoms with E-state index in [4.69, 9.17) is 0 Å². The van der Waals surface area contributed by atoms with Crippen molar-refractivity contribution in [2.45, 2.75) is 56.8 Å². The van der Waals surface area contributed by atoms with E-state index in [0.29, 0.717) is 5.92 Å². The van der Waals surface area contributed by atoms with Gasteiger partial charge in [0, 0.05) is 38.0 Å². The Morgan fingerprint density at radius 3 is 2.57 bits per heavy atom. The average Bonchev–Trinajstić information content (AvgIpc) is 3.08. The van der Waals surface area contributed by atoms with Gasteiger partial charge in [-0.3, -0.25) is 4.99 Å². The molecule has 1 heterocycles. The summed E-state index contributed by atoms with van der Waals surface area (Å²) >= 11 is 3.44. The van der Waals surface area contributed by atoms with E-state index in [1.165, 1.54) is 16.0 Å². The van der Waals surface area contributed by atoms with E-state index in [1.807, 2.05) is 7.05 Å². The highest BCUT2D eigenvalue weighted by atomic mass is 127. The SMILES string of the molecule is CN=C(NCCCc1nnc(SC)n1CC(C)C)NCc1ccc(C)cc1SC.I. The second kappa shape index (κ2) is 14.2. The van der Waals surface area contributed by atoms with Gasteiger partial charge in [0.1, 0.15) is 5.82 Å². The summed E-state index contributed by atoms with van der Waals surface area (Å²) in [5.41, 5.74) is 2.58. The molecule has 0 aliphatic rings. The van der Waals surface area contributed by atoms with Crippen molar-refractivity contribution < 1.29 is 0 Å². The van der Waals surface area contributed by atoms with Crippen LogP contribution in [0, 0.1) is 12.8 Å². The van der Waals surface area contributed by atoms with Gasteiger partial charge in [-0.2, -0.15) is 0 Å². The number of hydrogen-bond acceptors (Lipinski definition) is 5. The molecule has 0 fully saturated rings. The van der Waals surface area contributed by atoms with Crippen molar-refractivity contribution in [1.29, 1.82) is 0 Å². The largest absolute Gasteiger partial charge is 0.356 e. The van der Waals surface area contributed by atoms with Crippen molar-refractivity contribution in [3.63, 3.8) is 0 Å². The van der Waals surface area contributed by atoms with Crippen molar-refractivity contribution in [3.8, 4) is 0 Å². The summed E-state index contributed by atoms with van der Waals surface area (Å²) in [6, 6.07) is 6.57. The standard InChI is InChI=1S/C21H34N6S2.HI/c1-15(2)14-27-19(25-26-21(27)29-6)8-7-11-23-20(22-4)24-13-17-10-9-16(3)12-18(17)28-5;/h9-10,12,15H,7-8,11,13-14H2,1-6H3,(H2,22,23,24);1H. The first kappa shape index (κ1) is 27.1. The van der Waals surface area contributed by atoms with Gasteiger partial charge in [-0.15, -0.1) is 45.9 Å². The predicted octanol–water partition coefficient (Wildman–Crippen LogP) is 4.60. The zero-order valence-electron chi connectivity index (χ0n) is 18.9. The number of aryl methyl sites for hydroxylation is 2. The molecule has 0 amide bonds. The highest BCUT2D eigenvalue weighted by Crippen LogP contribution is 2.21. The normalized spacial score (nSPS) is 11.5. The maximum atomic E-state index is 4.40. The number of aromatic nitrogens is 3. The van der Waals surface area contributed by atoms with Crippen LogP contribution in [0.3, 0.4) is 0 Å². The Bertz CT molecular complexity index is 807. The van der Waals surface area contributed by atoms with E-state index in [0.717, 1.165) is 49.4 Å². The number of thioether (sulfide) groups is 2. The predicted molar refractivity (Wildman–Crippen MR) is 142 cm³/mol. The summed E-state index contributed by atoms with van der Waals surface area (Å²) < 4.78 is 2.25. The number of halogens is 1. The zero-order valence-corrected chi connectivity index (χ0v) is 22.8. The van der Waals surface area contributed by atoms with E-state index < -0.39 is 0 Å². The third kappa shape index (κ3) is 8.30. The number of hydrogen-bond donors (Lipinski definition) is 2. The summed E-state index contributed by atoms with van der Waals surface area (Å²) in [6.45, 7) is 9.14. The first-order valence-corrected chi connectivity index (χ1v) is 12.5. The van der Waals surface area contributed by atoms with Gasteiger partial charge in [0.15, 0.2) is 11.1 Å². The Morgan fingerprint density at radius 1 is 1.17 bits per heavy atom. The summed E-state index contributed by atoms with van der Waals surface area (Å²) in [6.07, 6.45) is 6.05. The Balaban J connectivity index is 0.00000450. The number of aliphatic imine (C=N–C) groups is 1. The molecule has 0 aliphatic heterocycles. The molecule has 0 bridgehead atoms. The third-order valence-corrected chi connectivity index (χ3v) is 5.99. The molecular weight excluding hydrogens is 527 g/mol. The minimum Gasteiger partial charge on any atom is -0.356 e. The van der Waals surface area contributed by atoms with Crippen molar-refractivity contribution in [1.82, 2.24) is 25.4 Å². The van der Waals surface area contributed by atoms with E-state index in [1.54, 1.807) is 23.5 Å². The van der Waals surface area contributed by atoms with Gasteiger partial charge in [-0.05, 0) is 49.0 Å². The molecule has 0 saturated carbocycles. The quantitative estimate of drug-likeness (QED) is 0.145. The fraction of sp³-hybridized carbons (Fsp3) is 0.571. The summed E-state index contributed by atoms with van der Waals surface area (Å²) in [7, 11) is 1.81. The highest BCUT2D eigenvalue weighted by molar-refractivity contribution is 14.0. The topological polar surface area (TPSA) is 67.1 Å². The molecule has 2 aromatic rings. The molecule has 6 nitrogen and oxygen atoms in total. The van der Waals surface area contributed by atoms with E-state index in [-0.39, 0.29) is 24.0 Å². The van der Waals surface area contributed by atoms with Crippen molar-refractivity contribution in [2.24, 2.45) is 10.9 Å². The van der Waals surface area contributed by atoms with Crippen LogP contribution in [0.25, 0.3) is 0 Å². The summed E-state index contributed by atoms with van der Waals surface area (Å²) in [4.78, 5) is 5.65. The summed E-state index contributed by atoms with van der Waals surface area (Å²) in [5, 5.41) is 16.5. The van der Waals surface area contributed by atoms with Crippen LogP contribution in [0.4, 0.5) is 0 Å². The minimum atomic E-state index is 0. The number of nitrogens with one attached hydrogen (secondary N) is 2. The third-order valence-electron chi connectivity index (χ3n) is 4.51. The second-order valence-corrected chi connectivity index (χ2v) is 9.00. The fourth-order valence-corrected chi connectivity index (χ4v) is 4.28. The molecule has 1 aromatic heterocycles. The van der Waals surface area contributed by atoms with Crippen LogP contribution in [-0.2, 0) is 19.5 Å². The molecule has 0 spiro atoms. The van der Waals surface area contributed by atoms with E-state index in [2.05, 4.69) is 81.9 Å². The molecule has 9 heteroatoms. The molecule has 0 radical (unpaired) electrons. The lowest BCUT2D eigenvalue weighted by atomic mass is 10.1. The Kier molecular flexibility index (Phi) is 12.8. The van der Waals surface area contributed by atoms with Crippen molar-refractivity contribution in [3.05, 3.63) is 35.2 Å². The summed E-state index contributed by atoms with van der Waals surface area (Å²) in [5.74, 6) is 2.47. The lowest BCUT2D eigenvalue weighted by Gasteiger charge is -2.14. The molecule has 0 unspecified atom stereocenters. The first-order chi connectivity index (χ1) is 14.0. The van der Waals surface area contributed by atoms with Crippen LogP contribution in [0.5, 0.6) is 0 Å². The van der Waals surface area contributed by atoms with Gasteiger partial charge >= 0.3 is 0 Å². The molecule has 168 valence electrons. The maximum Gasteiger partial charge on any atom is 0.191 e. The van der Waals surface area contributed by atoms with Crippen molar-refractivity contribution in [2.75, 3.05) is 26.1 Å². The molecule has 0 saturated heterocycles. The van der Waals surface area contributed by atoms with Crippen LogP contribution in [0.2, 0.25) is 0 Å². The van der Waals surface area contributed by atoms with Gasteiger partial charge in [0.2, 0.25) is 0 Å². The van der Waals surface area contributed by atoms with E-state index in [9.17, 15) is 0 Å². The molecule has 0 atom stereocenters. The number of rotatable bonds is 10. The first-order valence-electron chi connectivity index (χ1n) is 10.0. The van der Waals surface area contributed by atoms with Crippen LogP contribution in [0.15, 0.2) is 33.2 Å². The fourth-order valence-electron chi connectivity index (χ4n) is 3.05. The second-order valence-electron chi connectivity index (χ2n) is 7.38. The lowest BCUT2D eigenvalue weighted by Crippen LogP contribution is -2.37. The molecule has 0 aliphatic carbocycles. The smallest absolute Gasteiger partial charge is 0.191 e. The Labute approximate surface area is 206 Å². The average molecular weight is 563 g/mol. The number of benzene rings is 1. The van der Waals surface area contributed by atoms with Gasteiger partial charge in [0.25, 0.3) is 0 Å². The Morgan fingerprint density at radius 2 is 1.93 bits per heavy atom. The molecular formula is C21H35IN6S2. The molecule has 2 N–H and O–H groups in total. The highest BCUT2D eigenvalue weighted by Gasteiger charge is 2.12. The minimum absolute atomic E-state index is 0. The van der Waals surface area contributed by atoms with Gasteiger partial charge in [-0.25, -0.2) is 0 Å². The molecule has 1 aromatic carbocycles. The molecule has 30 heavy (non-hydrogen) atoms. The maximum absolute atomic E-state index is 4.40. The van der Waals surface area contributed by atoms with Crippen LogP contribution in [-0.4, -0.2) is 46.8 Å². The van der Waals surface area contributed by atoms with Gasteiger partial charge < -0.3 is 15.2 Å². The van der Waals surface area contributed by atoms with Crippen LogP contribution >= 0.6 is 47.5 Å². The molecule has 2 rings (SSSR count). The number of guanidine groups is 1.